The van der Waals surface area contributed by atoms with E-state index < -0.39 is 0 Å². The van der Waals surface area contributed by atoms with Crippen LogP contribution in [0.1, 0.15) is 33.6 Å². The summed E-state index contributed by atoms with van der Waals surface area (Å²) in [6.45, 7) is 4.03. The van der Waals surface area contributed by atoms with E-state index in [0.717, 1.165) is 23.2 Å². The maximum Gasteiger partial charge on any atom is 0.163 e. The molecule has 0 fully saturated rings. The Morgan fingerprint density at radius 3 is 2.67 bits per heavy atom. The molecule has 2 aromatic rings. The fraction of sp³-hybridized carbons (Fsp3) is 0.333. The maximum absolute atomic E-state index is 12.2. The summed E-state index contributed by atoms with van der Waals surface area (Å²) in [5.41, 5.74) is 4.18. The van der Waals surface area contributed by atoms with Gasteiger partial charge in [0.15, 0.2) is 5.78 Å². The van der Waals surface area contributed by atoms with Crippen LogP contribution in [0.15, 0.2) is 30.5 Å². The second-order valence-electron chi connectivity index (χ2n) is 4.69. The van der Waals surface area contributed by atoms with Crippen LogP contribution in [-0.2, 0) is 13.5 Å². The van der Waals surface area contributed by atoms with E-state index in [1.165, 1.54) is 5.56 Å². The van der Waals surface area contributed by atoms with Crippen LogP contribution in [-0.4, -0.2) is 15.6 Å². The number of benzene rings is 1. The molecule has 0 atom stereocenters. The minimum atomic E-state index is 0.203. The molecule has 94 valence electrons. The third kappa shape index (κ3) is 2.67. The van der Waals surface area contributed by atoms with Crippen LogP contribution >= 0.6 is 0 Å². The van der Waals surface area contributed by atoms with Crippen molar-refractivity contribution in [1.82, 2.24) is 9.78 Å². The van der Waals surface area contributed by atoms with Crippen molar-refractivity contribution in [3.63, 3.8) is 0 Å². The fourth-order valence-corrected chi connectivity index (χ4v) is 2.15. The van der Waals surface area contributed by atoms with E-state index in [1.807, 2.05) is 43.8 Å². The van der Waals surface area contributed by atoms with Crippen LogP contribution in [0, 0.1) is 13.8 Å². The molecule has 0 radical (unpaired) electrons. The lowest BCUT2D eigenvalue weighted by molar-refractivity contribution is 0.0981. The number of carbonyl (C=O) groups excluding carboxylic acids is 1. The van der Waals surface area contributed by atoms with Gasteiger partial charge >= 0.3 is 0 Å². The zero-order valence-electron chi connectivity index (χ0n) is 11.1. The minimum Gasteiger partial charge on any atom is -0.294 e. The lowest BCUT2D eigenvalue weighted by Gasteiger charge is -2.06. The highest BCUT2D eigenvalue weighted by atomic mass is 16.1. The molecular weight excluding hydrogens is 224 g/mol. The largest absolute Gasteiger partial charge is 0.294 e. The number of nitrogens with zero attached hydrogens (tertiary/aromatic N) is 2. The summed E-state index contributed by atoms with van der Waals surface area (Å²) in [6, 6.07) is 7.92. The number of hydrogen-bond acceptors (Lipinski definition) is 2. The summed E-state index contributed by atoms with van der Waals surface area (Å²) >= 11 is 0. The van der Waals surface area contributed by atoms with E-state index in [0.29, 0.717) is 6.42 Å². The second-order valence-corrected chi connectivity index (χ2v) is 4.69. The van der Waals surface area contributed by atoms with Crippen molar-refractivity contribution < 1.29 is 4.79 Å². The van der Waals surface area contributed by atoms with E-state index in [2.05, 4.69) is 11.2 Å². The molecule has 0 N–H and O–H groups in total. The summed E-state index contributed by atoms with van der Waals surface area (Å²) < 4.78 is 1.81. The molecule has 1 aromatic carbocycles. The molecular formula is C15H18N2O. The summed E-state index contributed by atoms with van der Waals surface area (Å²) in [5, 5.41) is 4.10. The van der Waals surface area contributed by atoms with Crippen LogP contribution in [0.4, 0.5) is 0 Å². The number of Topliss-reactive ketones (excluding diaryl/α,β-unsaturated/α-hetero) is 1. The fourth-order valence-electron chi connectivity index (χ4n) is 2.15. The smallest absolute Gasteiger partial charge is 0.163 e. The van der Waals surface area contributed by atoms with E-state index >= 15 is 0 Å². The highest BCUT2D eigenvalue weighted by molar-refractivity contribution is 5.97. The number of aryl methyl sites for hydroxylation is 4. The van der Waals surface area contributed by atoms with Gasteiger partial charge in [-0.3, -0.25) is 9.48 Å². The molecule has 0 unspecified atom stereocenters. The Bertz CT molecular complexity index is 570. The van der Waals surface area contributed by atoms with Crippen LogP contribution in [0.5, 0.6) is 0 Å². The molecule has 18 heavy (non-hydrogen) atoms. The number of rotatable bonds is 4. The normalized spacial score (nSPS) is 10.6. The summed E-state index contributed by atoms with van der Waals surface area (Å²) in [6.07, 6.45) is 3.03. The van der Waals surface area contributed by atoms with Gasteiger partial charge in [0, 0.05) is 30.9 Å². The molecule has 2 rings (SSSR count). The highest BCUT2D eigenvalue weighted by Crippen LogP contribution is 2.14. The Morgan fingerprint density at radius 2 is 2.06 bits per heavy atom. The average Bonchev–Trinajstić information content (AvgIpc) is 2.72. The standard InChI is InChI=1S/C15H18N2O/c1-11-4-6-14(12(2)10-11)15(18)7-5-13-8-9-16-17(13)3/h4,6,8-10H,5,7H2,1-3H3. The van der Waals surface area contributed by atoms with Crippen LogP contribution in [0.2, 0.25) is 0 Å². The van der Waals surface area contributed by atoms with Crippen LogP contribution < -0.4 is 0 Å². The lowest BCUT2D eigenvalue weighted by Crippen LogP contribution is -2.06. The molecule has 0 bridgehead atoms. The SMILES string of the molecule is Cc1ccc(C(=O)CCc2ccnn2C)c(C)c1. The van der Waals surface area contributed by atoms with E-state index in [1.54, 1.807) is 6.20 Å². The van der Waals surface area contributed by atoms with Gasteiger partial charge in [0.1, 0.15) is 0 Å². The van der Waals surface area contributed by atoms with Crippen molar-refractivity contribution in [2.75, 3.05) is 0 Å². The zero-order chi connectivity index (χ0) is 13.1. The first kappa shape index (κ1) is 12.6. The van der Waals surface area contributed by atoms with Gasteiger partial charge in [0.25, 0.3) is 0 Å². The molecule has 1 aromatic heterocycles. The minimum absolute atomic E-state index is 0.203. The van der Waals surface area contributed by atoms with Crippen molar-refractivity contribution in [3.8, 4) is 0 Å². The number of aromatic nitrogens is 2. The summed E-state index contributed by atoms with van der Waals surface area (Å²) in [5.74, 6) is 0.203. The van der Waals surface area contributed by atoms with Gasteiger partial charge in [0.2, 0.25) is 0 Å². The molecule has 0 aliphatic carbocycles. The Kier molecular flexibility index (Phi) is 3.60. The first-order valence-corrected chi connectivity index (χ1v) is 6.15. The lowest BCUT2D eigenvalue weighted by atomic mass is 9.99. The van der Waals surface area contributed by atoms with Crippen molar-refractivity contribution >= 4 is 5.78 Å². The van der Waals surface area contributed by atoms with Crippen LogP contribution in [0.25, 0.3) is 0 Å². The number of ketones is 1. The van der Waals surface area contributed by atoms with Gasteiger partial charge in [0.05, 0.1) is 0 Å². The van der Waals surface area contributed by atoms with Gasteiger partial charge in [-0.2, -0.15) is 5.10 Å². The Hall–Kier alpha value is -1.90. The molecule has 1 heterocycles. The average molecular weight is 242 g/mol. The van der Waals surface area contributed by atoms with Crippen molar-refractivity contribution in [3.05, 3.63) is 52.8 Å². The number of hydrogen-bond donors (Lipinski definition) is 0. The number of carbonyl (C=O) groups is 1. The topological polar surface area (TPSA) is 34.9 Å². The van der Waals surface area contributed by atoms with Crippen molar-refractivity contribution in [2.24, 2.45) is 7.05 Å². The molecule has 0 saturated heterocycles. The predicted octanol–water partition coefficient (Wildman–Crippen LogP) is 2.85. The van der Waals surface area contributed by atoms with Gasteiger partial charge < -0.3 is 0 Å². The Labute approximate surface area is 107 Å². The summed E-state index contributed by atoms with van der Waals surface area (Å²) in [4.78, 5) is 12.2. The zero-order valence-corrected chi connectivity index (χ0v) is 11.1. The molecule has 0 spiro atoms. The quantitative estimate of drug-likeness (QED) is 0.773. The predicted molar refractivity (Wildman–Crippen MR) is 71.8 cm³/mol. The molecule has 0 amide bonds. The van der Waals surface area contributed by atoms with Gasteiger partial charge in [-0.05, 0) is 31.9 Å². The second kappa shape index (κ2) is 5.17. The third-order valence-electron chi connectivity index (χ3n) is 3.21. The molecule has 0 aliphatic heterocycles. The van der Waals surface area contributed by atoms with E-state index in [9.17, 15) is 4.79 Å². The molecule has 0 saturated carbocycles. The van der Waals surface area contributed by atoms with Gasteiger partial charge in [-0.25, -0.2) is 0 Å². The third-order valence-corrected chi connectivity index (χ3v) is 3.21. The van der Waals surface area contributed by atoms with Gasteiger partial charge in [-0.15, -0.1) is 0 Å². The first-order valence-electron chi connectivity index (χ1n) is 6.15. The maximum atomic E-state index is 12.2. The Morgan fingerprint density at radius 1 is 1.28 bits per heavy atom. The summed E-state index contributed by atoms with van der Waals surface area (Å²) in [7, 11) is 1.90. The van der Waals surface area contributed by atoms with Crippen molar-refractivity contribution in [2.45, 2.75) is 26.7 Å². The molecule has 0 aliphatic rings. The van der Waals surface area contributed by atoms with Gasteiger partial charge in [-0.1, -0.05) is 23.8 Å². The van der Waals surface area contributed by atoms with E-state index in [-0.39, 0.29) is 5.78 Å². The van der Waals surface area contributed by atoms with E-state index in [4.69, 9.17) is 0 Å². The van der Waals surface area contributed by atoms with Crippen LogP contribution in [0.3, 0.4) is 0 Å². The Balaban J connectivity index is 2.06. The highest BCUT2D eigenvalue weighted by Gasteiger charge is 2.10. The monoisotopic (exact) mass is 242 g/mol. The first-order chi connectivity index (χ1) is 8.58. The van der Waals surface area contributed by atoms with Crippen molar-refractivity contribution in [1.29, 1.82) is 0 Å². The molecule has 3 nitrogen and oxygen atoms in total. The molecule has 3 heteroatoms.